The quantitative estimate of drug-likeness (QED) is 0.171. The molecular weight excluding hydrogens is 653 g/mol. The van der Waals surface area contributed by atoms with Crippen molar-refractivity contribution in [1.29, 1.82) is 0 Å². The van der Waals surface area contributed by atoms with Crippen LogP contribution in [0.25, 0.3) is 99.1 Å². The standard InChI is InChI=1S/C52H34N2/c1-3-11-35(12-4-1)37-23-27-43(28-24-37)53-49-18-10-8-16-47(49)51-50(53)32-31-46-45-15-7-9-17-48(45)54(52(46)51)44-29-25-38(26-30-44)40-20-22-41-33-39(19-21-42(41)34-40)36-13-5-2-6-14-36/h1-34H. The Morgan fingerprint density at radius 1 is 0.259 bits per heavy atom. The smallest absolute Gasteiger partial charge is 0.0641 e. The van der Waals surface area contributed by atoms with E-state index in [-0.39, 0.29) is 0 Å². The van der Waals surface area contributed by atoms with E-state index in [4.69, 9.17) is 0 Å². The normalized spacial score (nSPS) is 11.7. The van der Waals surface area contributed by atoms with E-state index >= 15 is 0 Å². The molecule has 0 saturated carbocycles. The number of rotatable bonds is 5. The van der Waals surface area contributed by atoms with Crippen LogP contribution in [0.5, 0.6) is 0 Å². The van der Waals surface area contributed by atoms with Crippen molar-refractivity contribution in [2.75, 3.05) is 0 Å². The average molecular weight is 687 g/mol. The first-order valence-electron chi connectivity index (χ1n) is 18.6. The third kappa shape index (κ3) is 4.81. The van der Waals surface area contributed by atoms with Gasteiger partial charge in [0.2, 0.25) is 0 Å². The van der Waals surface area contributed by atoms with Crippen LogP contribution < -0.4 is 0 Å². The molecule has 0 unspecified atom stereocenters. The highest BCUT2D eigenvalue weighted by Gasteiger charge is 2.20. The highest BCUT2D eigenvalue weighted by molar-refractivity contribution is 6.26. The third-order valence-electron chi connectivity index (χ3n) is 11.1. The molecule has 0 aliphatic carbocycles. The van der Waals surface area contributed by atoms with Crippen LogP contribution in [0, 0.1) is 0 Å². The van der Waals surface area contributed by atoms with Gasteiger partial charge in [0.1, 0.15) is 0 Å². The van der Waals surface area contributed by atoms with Crippen molar-refractivity contribution in [3.63, 3.8) is 0 Å². The molecule has 11 aromatic rings. The summed E-state index contributed by atoms with van der Waals surface area (Å²) in [5.41, 5.74) is 14.5. The van der Waals surface area contributed by atoms with Gasteiger partial charge in [-0.25, -0.2) is 0 Å². The zero-order chi connectivity index (χ0) is 35.6. The van der Waals surface area contributed by atoms with Crippen molar-refractivity contribution in [1.82, 2.24) is 9.13 Å². The molecule has 2 heteroatoms. The van der Waals surface area contributed by atoms with Crippen LogP contribution >= 0.6 is 0 Å². The minimum Gasteiger partial charge on any atom is -0.309 e. The van der Waals surface area contributed by atoms with Crippen molar-refractivity contribution in [2.24, 2.45) is 0 Å². The summed E-state index contributed by atoms with van der Waals surface area (Å²) in [5.74, 6) is 0. The topological polar surface area (TPSA) is 9.86 Å². The number of nitrogens with zero attached hydrogens (tertiary/aromatic N) is 2. The molecule has 0 saturated heterocycles. The molecule has 0 amide bonds. The van der Waals surface area contributed by atoms with Gasteiger partial charge >= 0.3 is 0 Å². The predicted octanol–water partition coefficient (Wildman–Crippen LogP) is 14.0. The van der Waals surface area contributed by atoms with E-state index in [1.165, 1.54) is 87.8 Å². The molecule has 2 aromatic heterocycles. The number of aromatic nitrogens is 2. The zero-order valence-corrected chi connectivity index (χ0v) is 29.5. The molecule has 0 aliphatic rings. The van der Waals surface area contributed by atoms with E-state index in [1.807, 2.05) is 0 Å². The van der Waals surface area contributed by atoms with Gasteiger partial charge in [0.05, 0.1) is 22.1 Å². The Bertz CT molecular complexity index is 3170. The van der Waals surface area contributed by atoms with Crippen molar-refractivity contribution >= 4 is 54.4 Å². The SMILES string of the molecule is c1ccc(-c2ccc(-n3c4ccccc4c4c3ccc3c5ccccc5n(-c5ccc(-c6ccc7cc(-c8ccccc8)ccc7c6)cc5)c34)cc2)cc1. The van der Waals surface area contributed by atoms with Crippen LogP contribution in [0.15, 0.2) is 206 Å². The zero-order valence-electron chi connectivity index (χ0n) is 29.5. The Kier molecular flexibility index (Phi) is 6.90. The van der Waals surface area contributed by atoms with Crippen LogP contribution in [-0.4, -0.2) is 9.13 Å². The minimum absolute atomic E-state index is 1.15. The van der Waals surface area contributed by atoms with E-state index in [2.05, 4.69) is 215 Å². The first-order chi connectivity index (χ1) is 26.8. The Labute approximate surface area is 313 Å². The molecule has 2 nitrogen and oxygen atoms in total. The largest absolute Gasteiger partial charge is 0.309 e. The van der Waals surface area contributed by atoms with E-state index in [1.54, 1.807) is 0 Å². The number of benzene rings is 9. The van der Waals surface area contributed by atoms with Crippen molar-refractivity contribution in [2.45, 2.75) is 0 Å². The van der Waals surface area contributed by atoms with Gasteiger partial charge in [-0.1, -0.05) is 152 Å². The maximum atomic E-state index is 2.47. The molecule has 0 atom stereocenters. The molecule has 0 radical (unpaired) electrons. The molecule has 54 heavy (non-hydrogen) atoms. The molecule has 9 aromatic carbocycles. The summed E-state index contributed by atoms with van der Waals surface area (Å²) in [6.45, 7) is 0. The number of hydrogen-bond donors (Lipinski definition) is 0. The van der Waals surface area contributed by atoms with Gasteiger partial charge in [-0.3, -0.25) is 0 Å². The van der Waals surface area contributed by atoms with E-state index in [0.717, 1.165) is 11.4 Å². The van der Waals surface area contributed by atoms with Gasteiger partial charge < -0.3 is 9.13 Å². The van der Waals surface area contributed by atoms with E-state index in [0.29, 0.717) is 0 Å². The number of para-hydroxylation sites is 2. The van der Waals surface area contributed by atoms with Crippen molar-refractivity contribution in [3.8, 4) is 44.8 Å². The second-order valence-corrected chi connectivity index (χ2v) is 14.2. The van der Waals surface area contributed by atoms with E-state index < -0.39 is 0 Å². The lowest BCUT2D eigenvalue weighted by Crippen LogP contribution is -1.95. The maximum absolute atomic E-state index is 2.47. The van der Waals surface area contributed by atoms with Gasteiger partial charge in [-0.15, -0.1) is 0 Å². The first-order valence-corrected chi connectivity index (χ1v) is 18.6. The lowest BCUT2D eigenvalue weighted by Gasteiger charge is -2.12. The average Bonchev–Trinajstić information content (AvgIpc) is 3.77. The molecule has 0 fully saturated rings. The fraction of sp³-hybridized carbons (Fsp3) is 0. The molecule has 11 rings (SSSR count). The van der Waals surface area contributed by atoms with Crippen molar-refractivity contribution in [3.05, 3.63) is 206 Å². The third-order valence-corrected chi connectivity index (χ3v) is 11.1. The summed E-state index contributed by atoms with van der Waals surface area (Å²) in [6, 6.07) is 75.1. The van der Waals surface area contributed by atoms with Gasteiger partial charge in [0.25, 0.3) is 0 Å². The van der Waals surface area contributed by atoms with Crippen LogP contribution in [0.4, 0.5) is 0 Å². The Morgan fingerprint density at radius 2 is 0.704 bits per heavy atom. The fourth-order valence-electron chi connectivity index (χ4n) is 8.53. The highest BCUT2D eigenvalue weighted by atomic mass is 15.0. The second-order valence-electron chi connectivity index (χ2n) is 14.2. The summed E-state index contributed by atoms with van der Waals surface area (Å²) in [6.07, 6.45) is 0. The summed E-state index contributed by atoms with van der Waals surface area (Å²) in [7, 11) is 0. The maximum Gasteiger partial charge on any atom is 0.0641 e. The lowest BCUT2D eigenvalue weighted by molar-refractivity contribution is 1.17. The second kappa shape index (κ2) is 12.2. The molecule has 0 bridgehead atoms. The number of hydrogen-bond acceptors (Lipinski definition) is 0. The molecule has 0 spiro atoms. The Hall–Kier alpha value is -7.16. The Morgan fingerprint density at radius 3 is 1.31 bits per heavy atom. The van der Waals surface area contributed by atoms with E-state index in [9.17, 15) is 0 Å². The van der Waals surface area contributed by atoms with Gasteiger partial charge in [0, 0.05) is 32.9 Å². The molecule has 0 N–H and O–H groups in total. The fourth-order valence-corrected chi connectivity index (χ4v) is 8.53. The Balaban J connectivity index is 1.06. The summed E-state index contributed by atoms with van der Waals surface area (Å²) < 4.78 is 4.89. The molecule has 2 heterocycles. The first kappa shape index (κ1) is 30.5. The van der Waals surface area contributed by atoms with Crippen LogP contribution in [0.1, 0.15) is 0 Å². The summed E-state index contributed by atoms with van der Waals surface area (Å²) >= 11 is 0. The summed E-state index contributed by atoms with van der Waals surface area (Å²) in [4.78, 5) is 0. The highest BCUT2D eigenvalue weighted by Crippen LogP contribution is 2.42. The van der Waals surface area contributed by atoms with Crippen LogP contribution in [-0.2, 0) is 0 Å². The predicted molar refractivity (Wildman–Crippen MR) is 229 cm³/mol. The molecular formula is C52H34N2. The number of fused-ring (bicyclic) bond motifs is 8. The molecule has 0 aliphatic heterocycles. The monoisotopic (exact) mass is 686 g/mol. The lowest BCUT2D eigenvalue weighted by atomic mass is 9.97. The van der Waals surface area contributed by atoms with Gasteiger partial charge in [0.15, 0.2) is 0 Å². The summed E-state index contributed by atoms with van der Waals surface area (Å²) in [5, 5.41) is 7.52. The van der Waals surface area contributed by atoms with Gasteiger partial charge in [-0.2, -0.15) is 0 Å². The van der Waals surface area contributed by atoms with Gasteiger partial charge in [-0.05, 0) is 98.8 Å². The molecule has 252 valence electrons. The van der Waals surface area contributed by atoms with Crippen molar-refractivity contribution < 1.29 is 0 Å². The minimum atomic E-state index is 1.15. The van der Waals surface area contributed by atoms with Crippen LogP contribution in [0.2, 0.25) is 0 Å². The van der Waals surface area contributed by atoms with Crippen LogP contribution in [0.3, 0.4) is 0 Å².